The van der Waals surface area contributed by atoms with Crippen LogP contribution in [0.3, 0.4) is 0 Å². The first-order valence-electron chi connectivity index (χ1n) is 8.55. The Hall–Kier alpha value is -3.68. The molecule has 4 rings (SSSR count). The minimum absolute atomic E-state index is 0.243. The van der Waals surface area contributed by atoms with E-state index in [2.05, 4.69) is 25.8 Å². The highest BCUT2D eigenvalue weighted by Gasteiger charge is 2.15. The lowest BCUT2D eigenvalue weighted by Gasteiger charge is -2.10. The van der Waals surface area contributed by atoms with Gasteiger partial charge >= 0.3 is 0 Å². The van der Waals surface area contributed by atoms with Gasteiger partial charge in [0.15, 0.2) is 0 Å². The molecular weight excluding hydrogens is 344 g/mol. The van der Waals surface area contributed by atoms with Gasteiger partial charge in [0.2, 0.25) is 12.2 Å². The lowest BCUT2D eigenvalue weighted by atomic mass is 10.1. The Morgan fingerprint density at radius 3 is 2.89 bits per heavy atom. The average Bonchev–Trinajstić information content (AvgIpc) is 3.33. The van der Waals surface area contributed by atoms with Crippen molar-refractivity contribution in [1.29, 1.82) is 0 Å². The summed E-state index contributed by atoms with van der Waals surface area (Å²) < 4.78 is 6.55. The Balaban J connectivity index is 1.63. The van der Waals surface area contributed by atoms with Crippen molar-refractivity contribution in [1.82, 2.24) is 19.5 Å². The van der Waals surface area contributed by atoms with E-state index >= 15 is 0 Å². The second kappa shape index (κ2) is 6.91. The highest BCUT2D eigenvalue weighted by atomic mass is 16.5. The molecule has 0 fully saturated rings. The van der Waals surface area contributed by atoms with Gasteiger partial charge in [0.25, 0.3) is 5.91 Å². The highest BCUT2D eigenvalue weighted by Crippen LogP contribution is 2.24. The van der Waals surface area contributed by atoms with Crippen LogP contribution in [0.4, 0.5) is 11.4 Å². The van der Waals surface area contributed by atoms with Gasteiger partial charge in [-0.15, -0.1) is 0 Å². The van der Waals surface area contributed by atoms with Crippen LogP contribution in [0.25, 0.3) is 17.0 Å². The topological polar surface area (TPSA) is 97.3 Å². The van der Waals surface area contributed by atoms with E-state index in [1.807, 2.05) is 50.4 Å². The molecule has 0 saturated carbocycles. The van der Waals surface area contributed by atoms with Gasteiger partial charge in [-0.05, 0) is 31.5 Å². The van der Waals surface area contributed by atoms with E-state index in [0.29, 0.717) is 22.9 Å². The zero-order chi connectivity index (χ0) is 18.8. The molecule has 136 valence electrons. The number of fused-ring (bicyclic) bond motifs is 1. The van der Waals surface area contributed by atoms with E-state index in [4.69, 9.17) is 4.52 Å². The molecule has 0 radical (unpaired) electrons. The fourth-order valence-electron chi connectivity index (χ4n) is 2.84. The van der Waals surface area contributed by atoms with Gasteiger partial charge in [-0.3, -0.25) is 9.20 Å². The first-order valence-corrected chi connectivity index (χ1v) is 8.55. The quantitative estimate of drug-likeness (QED) is 0.565. The number of imidazole rings is 1. The van der Waals surface area contributed by atoms with E-state index in [1.165, 1.54) is 6.39 Å². The summed E-state index contributed by atoms with van der Waals surface area (Å²) in [5, 5.41) is 10.0. The van der Waals surface area contributed by atoms with E-state index in [9.17, 15) is 4.79 Å². The summed E-state index contributed by atoms with van der Waals surface area (Å²) in [6.45, 7) is 4.77. The van der Waals surface area contributed by atoms with Crippen LogP contribution >= 0.6 is 0 Å². The molecule has 8 heteroatoms. The molecular formula is C19H18N6O2. The SMILES string of the molecule is CCNc1ccn2c(C(=O)Nc3cc(-c4ncon4)ccc3C)cnc2c1. The molecule has 8 nitrogen and oxygen atoms in total. The average molecular weight is 362 g/mol. The number of anilines is 2. The van der Waals surface area contributed by atoms with Crippen molar-refractivity contribution in [3.8, 4) is 11.4 Å². The number of nitrogens with zero attached hydrogens (tertiary/aromatic N) is 4. The number of pyridine rings is 1. The lowest BCUT2D eigenvalue weighted by Crippen LogP contribution is -2.15. The molecule has 0 aliphatic rings. The van der Waals surface area contributed by atoms with Crippen molar-refractivity contribution in [3.63, 3.8) is 0 Å². The minimum Gasteiger partial charge on any atom is -0.385 e. The van der Waals surface area contributed by atoms with Crippen LogP contribution in [0.1, 0.15) is 23.0 Å². The van der Waals surface area contributed by atoms with Crippen molar-refractivity contribution in [2.45, 2.75) is 13.8 Å². The first kappa shape index (κ1) is 16.8. The van der Waals surface area contributed by atoms with Crippen LogP contribution in [-0.4, -0.2) is 32.0 Å². The molecule has 3 aromatic heterocycles. The first-order chi connectivity index (χ1) is 13.2. The Kier molecular flexibility index (Phi) is 4.29. The van der Waals surface area contributed by atoms with Crippen LogP contribution in [0.15, 0.2) is 53.6 Å². The fraction of sp³-hybridized carbons (Fsp3) is 0.158. The van der Waals surface area contributed by atoms with Crippen LogP contribution in [0.2, 0.25) is 0 Å². The number of hydrogen-bond donors (Lipinski definition) is 2. The summed E-state index contributed by atoms with van der Waals surface area (Å²) in [4.78, 5) is 21.2. The minimum atomic E-state index is -0.243. The zero-order valence-corrected chi connectivity index (χ0v) is 14.9. The van der Waals surface area contributed by atoms with Crippen LogP contribution in [0.5, 0.6) is 0 Å². The molecule has 0 unspecified atom stereocenters. The molecule has 1 amide bonds. The number of carbonyl (C=O) groups excluding carboxylic acids is 1. The molecule has 0 bridgehead atoms. The maximum Gasteiger partial charge on any atom is 0.274 e. The summed E-state index contributed by atoms with van der Waals surface area (Å²) in [6, 6.07) is 9.43. The fourth-order valence-corrected chi connectivity index (χ4v) is 2.84. The number of aromatic nitrogens is 4. The Morgan fingerprint density at radius 1 is 1.22 bits per heavy atom. The predicted molar refractivity (Wildman–Crippen MR) is 102 cm³/mol. The predicted octanol–water partition coefficient (Wildman–Crippen LogP) is 3.38. The summed E-state index contributed by atoms with van der Waals surface area (Å²) >= 11 is 0. The summed E-state index contributed by atoms with van der Waals surface area (Å²) in [5.41, 5.74) is 4.50. The number of aryl methyl sites for hydroxylation is 1. The third-order valence-corrected chi connectivity index (χ3v) is 4.23. The monoisotopic (exact) mass is 362 g/mol. The molecule has 1 aromatic carbocycles. The van der Waals surface area contributed by atoms with E-state index in [0.717, 1.165) is 23.4 Å². The Labute approximate surface area is 155 Å². The molecule has 0 aliphatic heterocycles. The van der Waals surface area contributed by atoms with Crippen molar-refractivity contribution in [2.24, 2.45) is 0 Å². The molecule has 27 heavy (non-hydrogen) atoms. The summed E-state index contributed by atoms with van der Waals surface area (Å²) in [7, 11) is 0. The number of amides is 1. The van der Waals surface area contributed by atoms with Crippen LogP contribution in [0, 0.1) is 6.92 Å². The van der Waals surface area contributed by atoms with Crippen molar-refractivity contribution in [2.75, 3.05) is 17.2 Å². The standard InChI is InChI=1S/C19H18N6O2/c1-3-20-14-6-7-25-16(10-21-17(25)9-14)19(26)23-15-8-13(5-4-12(15)2)18-22-11-27-24-18/h4-11,20H,3H2,1-2H3,(H,23,26). The number of benzene rings is 1. The van der Waals surface area contributed by atoms with E-state index in [-0.39, 0.29) is 5.91 Å². The molecule has 0 saturated heterocycles. The van der Waals surface area contributed by atoms with Gasteiger partial charge in [-0.1, -0.05) is 17.3 Å². The van der Waals surface area contributed by atoms with Crippen LogP contribution in [-0.2, 0) is 0 Å². The smallest absolute Gasteiger partial charge is 0.274 e. The molecule has 0 aliphatic carbocycles. The largest absolute Gasteiger partial charge is 0.385 e. The number of nitrogens with one attached hydrogen (secondary N) is 2. The van der Waals surface area contributed by atoms with Crippen LogP contribution < -0.4 is 10.6 Å². The number of carbonyl (C=O) groups is 1. The maximum absolute atomic E-state index is 12.8. The Morgan fingerprint density at radius 2 is 2.11 bits per heavy atom. The molecule has 3 heterocycles. The van der Waals surface area contributed by atoms with Gasteiger partial charge in [0.1, 0.15) is 11.3 Å². The van der Waals surface area contributed by atoms with Crippen molar-refractivity contribution < 1.29 is 9.32 Å². The van der Waals surface area contributed by atoms with Gasteiger partial charge in [-0.25, -0.2) is 4.98 Å². The second-order valence-corrected chi connectivity index (χ2v) is 6.06. The summed E-state index contributed by atoms with van der Waals surface area (Å²) in [6.07, 6.45) is 4.67. The maximum atomic E-state index is 12.8. The van der Waals surface area contributed by atoms with Gasteiger partial charge in [-0.2, -0.15) is 4.98 Å². The van der Waals surface area contributed by atoms with Gasteiger partial charge < -0.3 is 15.2 Å². The van der Waals surface area contributed by atoms with E-state index < -0.39 is 0 Å². The highest BCUT2D eigenvalue weighted by molar-refractivity contribution is 6.04. The van der Waals surface area contributed by atoms with Gasteiger partial charge in [0.05, 0.1) is 6.20 Å². The Bertz CT molecular complexity index is 1100. The lowest BCUT2D eigenvalue weighted by molar-refractivity contribution is 0.102. The summed E-state index contributed by atoms with van der Waals surface area (Å²) in [5.74, 6) is 0.225. The second-order valence-electron chi connectivity index (χ2n) is 6.06. The zero-order valence-electron chi connectivity index (χ0n) is 14.9. The van der Waals surface area contributed by atoms with Crippen molar-refractivity contribution >= 4 is 22.9 Å². The third-order valence-electron chi connectivity index (χ3n) is 4.23. The molecule has 0 atom stereocenters. The normalized spacial score (nSPS) is 10.9. The van der Waals surface area contributed by atoms with E-state index in [1.54, 1.807) is 10.6 Å². The third kappa shape index (κ3) is 3.24. The number of hydrogen-bond acceptors (Lipinski definition) is 6. The number of rotatable bonds is 5. The molecule has 4 aromatic rings. The molecule has 0 spiro atoms. The van der Waals surface area contributed by atoms with Gasteiger partial charge in [0, 0.05) is 35.7 Å². The van der Waals surface area contributed by atoms with Crippen molar-refractivity contribution in [3.05, 3.63) is 60.4 Å². The molecule has 2 N–H and O–H groups in total.